The summed E-state index contributed by atoms with van der Waals surface area (Å²) in [5.41, 5.74) is -0.217. The molecule has 3 rings (SSSR count). The lowest BCUT2D eigenvalue weighted by Gasteiger charge is -2.12. The third kappa shape index (κ3) is 6.54. The Hall–Kier alpha value is -3.99. The molecule has 1 heterocycles. The van der Waals surface area contributed by atoms with Crippen LogP contribution in [-0.4, -0.2) is 42.2 Å². The Morgan fingerprint density at radius 3 is 2.31 bits per heavy atom. The Labute approximate surface area is 202 Å². The van der Waals surface area contributed by atoms with Crippen LogP contribution in [0.4, 0.5) is 28.9 Å². The summed E-state index contributed by atoms with van der Waals surface area (Å²) in [6, 6.07) is 8.38. The molecule has 0 fully saturated rings. The van der Waals surface area contributed by atoms with E-state index in [9.17, 15) is 27.2 Å². The van der Waals surface area contributed by atoms with Gasteiger partial charge >= 0.3 is 12.1 Å². The average molecular weight is 511 g/mol. The molecule has 0 unspecified atom stereocenters. The molecule has 0 aliphatic heterocycles. The van der Waals surface area contributed by atoms with Gasteiger partial charge in [-0.05, 0) is 36.4 Å². The smallest absolute Gasteiger partial charge is 0.417 e. The third-order valence-corrected chi connectivity index (χ3v) is 4.97. The average Bonchev–Trinajstić information content (AvgIpc) is 2.82. The van der Waals surface area contributed by atoms with Crippen molar-refractivity contribution in [3.05, 3.63) is 87.4 Å². The number of carboxylic acid groups (broad SMARTS) is 1. The number of nitrogens with zero attached hydrogens (tertiary/aromatic N) is 1. The number of halogens is 5. The number of aromatic carboxylic acids is 1. The largest absolute Gasteiger partial charge is 0.478 e. The molecule has 0 bridgehead atoms. The zero-order valence-corrected chi connectivity index (χ0v) is 19.1. The van der Waals surface area contributed by atoms with Crippen LogP contribution < -0.4 is 10.6 Å². The summed E-state index contributed by atoms with van der Waals surface area (Å²) >= 11 is 5.40. The van der Waals surface area contributed by atoms with Gasteiger partial charge in [0.2, 0.25) is 0 Å². The minimum Gasteiger partial charge on any atom is -0.478 e. The van der Waals surface area contributed by atoms with Crippen molar-refractivity contribution in [1.29, 1.82) is 5.41 Å². The first-order valence-corrected chi connectivity index (χ1v) is 10.1. The van der Waals surface area contributed by atoms with Crippen molar-refractivity contribution in [2.75, 3.05) is 24.7 Å². The molecule has 0 radical (unpaired) electrons. The lowest BCUT2D eigenvalue weighted by molar-refractivity contribution is -0.137. The zero-order chi connectivity index (χ0) is 26.3. The molecule has 0 saturated heterocycles. The number of pyridine rings is 1. The van der Waals surface area contributed by atoms with Crippen molar-refractivity contribution in [2.24, 2.45) is 0 Å². The van der Waals surface area contributed by atoms with Gasteiger partial charge in [-0.3, -0.25) is 15.2 Å². The van der Waals surface area contributed by atoms with E-state index in [1.54, 1.807) is 20.2 Å². The van der Waals surface area contributed by atoms with Gasteiger partial charge in [0.25, 0.3) is 0 Å². The second-order valence-corrected chi connectivity index (χ2v) is 7.22. The third-order valence-electron chi connectivity index (χ3n) is 4.64. The number of hydrogen-bond acceptors (Lipinski definition) is 6. The van der Waals surface area contributed by atoms with Crippen LogP contribution in [0.5, 0.6) is 0 Å². The maximum Gasteiger partial charge on any atom is 0.417 e. The molecule has 7 nitrogen and oxygen atoms in total. The maximum absolute atomic E-state index is 14.1. The fraction of sp³-hybridized carbons (Fsp3) is 0.130. The van der Waals surface area contributed by atoms with Crippen LogP contribution in [0.1, 0.15) is 37.5 Å². The standard InChI is InChI=1S/C15H15FN4O2.C8H4ClF3O/c1-18-9-6-12(19-2)14(20-7-9)13(17)10-4-3-8(15(21)22)5-11(10)16;9-7-3-1-2-6(5(7)4-13)8(10,11)12/h3-7,17-19H,1-2H3,(H,21,22);1-4H. The quantitative estimate of drug-likeness (QED) is 0.195. The molecule has 0 spiro atoms. The Bertz CT molecular complexity index is 1270. The minimum absolute atomic E-state index is 0.00814. The van der Waals surface area contributed by atoms with E-state index in [1.807, 2.05) is 0 Å². The summed E-state index contributed by atoms with van der Waals surface area (Å²) in [5, 5.41) is 22.6. The fourth-order valence-corrected chi connectivity index (χ4v) is 3.09. The highest BCUT2D eigenvalue weighted by Gasteiger charge is 2.33. The van der Waals surface area contributed by atoms with E-state index in [0.717, 1.165) is 23.9 Å². The number of benzene rings is 2. The summed E-state index contributed by atoms with van der Waals surface area (Å²) in [6.07, 6.45) is -2.90. The lowest BCUT2D eigenvalue weighted by Crippen LogP contribution is -2.11. The van der Waals surface area contributed by atoms with Crippen molar-refractivity contribution in [2.45, 2.75) is 6.18 Å². The predicted octanol–water partition coefficient (Wildman–Crippen LogP) is 5.59. The van der Waals surface area contributed by atoms with Crippen molar-refractivity contribution >= 4 is 40.9 Å². The van der Waals surface area contributed by atoms with E-state index in [4.69, 9.17) is 22.1 Å². The van der Waals surface area contributed by atoms with Gasteiger partial charge in [-0.25, -0.2) is 9.18 Å². The minimum atomic E-state index is -4.54. The molecule has 35 heavy (non-hydrogen) atoms. The normalized spacial score (nSPS) is 10.6. The number of rotatable bonds is 6. The number of alkyl halides is 3. The number of aromatic nitrogens is 1. The Balaban J connectivity index is 0.000000283. The highest BCUT2D eigenvalue weighted by Crippen LogP contribution is 2.33. The monoisotopic (exact) mass is 510 g/mol. The van der Waals surface area contributed by atoms with Gasteiger partial charge in [0.1, 0.15) is 11.5 Å². The van der Waals surface area contributed by atoms with Gasteiger partial charge in [-0.1, -0.05) is 17.7 Å². The molecule has 0 aliphatic rings. The van der Waals surface area contributed by atoms with Gasteiger partial charge < -0.3 is 15.7 Å². The summed E-state index contributed by atoms with van der Waals surface area (Å²) < 4.78 is 50.7. The van der Waals surface area contributed by atoms with Crippen molar-refractivity contribution < 1.29 is 32.3 Å². The number of aldehydes is 1. The number of carbonyl (C=O) groups is 2. The Morgan fingerprint density at radius 2 is 1.83 bits per heavy atom. The second-order valence-electron chi connectivity index (χ2n) is 6.81. The molecular formula is C23H19ClF4N4O3. The van der Waals surface area contributed by atoms with Gasteiger partial charge in [0.15, 0.2) is 6.29 Å². The van der Waals surface area contributed by atoms with Gasteiger partial charge in [0.05, 0.1) is 39.4 Å². The number of carbonyl (C=O) groups excluding carboxylic acids is 1. The highest BCUT2D eigenvalue weighted by atomic mass is 35.5. The molecule has 3 aromatic rings. The Morgan fingerprint density at radius 1 is 1.14 bits per heavy atom. The van der Waals surface area contributed by atoms with Gasteiger partial charge in [-0.15, -0.1) is 0 Å². The van der Waals surface area contributed by atoms with Crippen LogP contribution in [0.25, 0.3) is 0 Å². The molecule has 4 N–H and O–H groups in total. The molecule has 12 heteroatoms. The summed E-state index contributed by atoms with van der Waals surface area (Å²) in [7, 11) is 3.42. The molecule has 1 aromatic heterocycles. The number of nitrogens with one attached hydrogen (secondary N) is 3. The van der Waals surface area contributed by atoms with E-state index in [0.29, 0.717) is 5.69 Å². The number of hydrogen-bond donors (Lipinski definition) is 4. The van der Waals surface area contributed by atoms with Crippen LogP contribution >= 0.6 is 11.6 Å². The summed E-state index contributed by atoms with van der Waals surface area (Å²) in [6.45, 7) is 0. The van der Waals surface area contributed by atoms with Crippen LogP contribution in [0.3, 0.4) is 0 Å². The SMILES string of the molecule is CNc1cnc(C(=N)c2ccc(C(=O)O)cc2F)c(NC)c1.O=Cc1c(Cl)cccc1C(F)(F)F. The topological polar surface area (TPSA) is 115 Å². The highest BCUT2D eigenvalue weighted by molar-refractivity contribution is 6.33. The first-order valence-electron chi connectivity index (χ1n) is 9.73. The van der Waals surface area contributed by atoms with E-state index in [-0.39, 0.29) is 33.8 Å². The van der Waals surface area contributed by atoms with E-state index < -0.39 is 29.1 Å². The van der Waals surface area contributed by atoms with Gasteiger partial charge in [0, 0.05) is 25.2 Å². The van der Waals surface area contributed by atoms with Crippen LogP contribution in [0, 0.1) is 11.2 Å². The molecule has 0 amide bonds. The van der Waals surface area contributed by atoms with E-state index in [2.05, 4.69) is 15.6 Å². The molecule has 184 valence electrons. The lowest BCUT2D eigenvalue weighted by atomic mass is 10.0. The number of carboxylic acids is 1. The Kier molecular flexibility index (Phi) is 8.90. The van der Waals surface area contributed by atoms with Crippen LogP contribution in [-0.2, 0) is 6.18 Å². The van der Waals surface area contributed by atoms with Crippen molar-refractivity contribution in [1.82, 2.24) is 4.98 Å². The second kappa shape index (κ2) is 11.4. The molecule has 0 atom stereocenters. The van der Waals surface area contributed by atoms with Crippen LogP contribution in [0.15, 0.2) is 48.7 Å². The molecule has 2 aromatic carbocycles. The van der Waals surface area contributed by atoms with E-state index >= 15 is 0 Å². The van der Waals surface area contributed by atoms with Crippen molar-refractivity contribution in [3.8, 4) is 0 Å². The van der Waals surface area contributed by atoms with Crippen molar-refractivity contribution in [3.63, 3.8) is 0 Å². The van der Waals surface area contributed by atoms with E-state index in [1.165, 1.54) is 24.4 Å². The van der Waals surface area contributed by atoms with Crippen LogP contribution in [0.2, 0.25) is 5.02 Å². The van der Waals surface area contributed by atoms with Gasteiger partial charge in [-0.2, -0.15) is 13.2 Å². The first-order chi connectivity index (χ1) is 16.4. The first kappa shape index (κ1) is 27.3. The molecule has 0 saturated carbocycles. The fourth-order valence-electron chi connectivity index (χ4n) is 2.87. The number of anilines is 2. The summed E-state index contributed by atoms with van der Waals surface area (Å²) in [4.78, 5) is 25.3. The molecule has 0 aliphatic carbocycles. The maximum atomic E-state index is 14.1. The molecular weight excluding hydrogens is 492 g/mol. The zero-order valence-electron chi connectivity index (χ0n) is 18.3. The summed E-state index contributed by atoms with van der Waals surface area (Å²) in [5.74, 6) is -1.99. The predicted molar refractivity (Wildman–Crippen MR) is 124 cm³/mol.